The third kappa shape index (κ3) is 4.53. The smallest absolute Gasteiger partial charge is 0.267 e. The van der Waals surface area contributed by atoms with Crippen molar-refractivity contribution in [2.75, 3.05) is 32.8 Å². The lowest BCUT2D eigenvalue weighted by Gasteiger charge is -2.38. The summed E-state index contributed by atoms with van der Waals surface area (Å²) in [5, 5.41) is 3.70. The monoisotopic (exact) mass is 465 g/mol. The topological polar surface area (TPSA) is 80.6 Å². The summed E-state index contributed by atoms with van der Waals surface area (Å²) in [7, 11) is -1.87. The van der Waals surface area contributed by atoms with Crippen molar-refractivity contribution < 1.29 is 17.9 Å². The molecule has 1 amide bonds. The van der Waals surface area contributed by atoms with Crippen LogP contribution in [0.3, 0.4) is 0 Å². The van der Waals surface area contributed by atoms with Gasteiger partial charge in [-0.25, -0.2) is 8.42 Å². The molecular formula is C22H28ClN3O4S. The third-order valence-electron chi connectivity index (χ3n) is 6.39. The zero-order chi connectivity index (χ0) is 22.1. The number of carbonyl (C=O) groups is 1. The molecule has 1 aromatic heterocycles. The number of nitrogens with one attached hydrogen (secondary N) is 1. The number of carbonyl (C=O) groups excluding carboxylic acids is 1. The second-order valence-electron chi connectivity index (χ2n) is 8.37. The maximum atomic E-state index is 13.0. The summed E-state index contributed by atoms with van der Waals surface area (Å²) in [5.41, 5.74) is 1.13. The number of aryl methyl sites for hydroxylation is 1. The number of amides is 1. The Morgan fingerprint density at radius 3 is 2.58 bits per heavy atom. The third-order valence-corrected chi connectivity index (χ3v) is 8.49. The van der Waals surface area contributed by atoms with Crippen molar-refractivity contribution >= 4 is 27.5 Å². The van der Waals surface area contributed by atoms with Gasteiger partial charge in [-0.05, 0) is 49.4 Å². The van der Waals surface area contributed by atoms with Gasteiger partial charge in [-0.1, -0.05) is 23.7 Å². The van der Waals surface area contributed by atoms with E-state index in [1.54, 1.807) is 11.6 Å². The molecule has 0 bridgehead atoms. The Morgan fingerprint density at radius 1 is 1.19 bits per heavy atom. The van der Waals surface area contributed by atoms with Crippen molar-refractivity contribution in [1.29, 1.82) is 0 Å². The molecule has 7 nitrogen and oxygen atoms in total. The highest BCUT2D eigenvalue weighted by Gasteiger charge is 2.36. The largest absolute Gasteiger partial charge is 0.381 e. The molecule has 0 aliphatic carbocycles. The number of hydrogen-bond acceptors (Lipinski definition) is 4. The molecule has 1 aromatic carbocycles. The first kappa shape index (κ1) is 22.3. The molecule has 168 valence electrons. The van der Waals surface area contributed by atoms with Gasteiger partial charge in [-0.2, -0.15) is 4.31 Å². The highest BCUT2D eigenvalue weighted by molar-refractivity contribution is 7.89. The molecular weight excluding hydrogens is 438 g/mol. The molecule has 3 heterocycles. The zero-order valence-electron chi connectivity index (χ0n) is 17.6. The fourth-order valence-corrected chi connectivity index (χ4v) is 6.25. The highest BCUT2D eigenvalue weighted by atomic mass is 35.5. The Hall–Kier alpha value is -1.87. The van der Waals surface area contributed by atoms with Crippen molar-refractivity contribution in [3.05, 3.63) is 52.8 Å². The van der Waals surface area contributed by atoms with Gasteiger partial charge >= 0.3 is 0 Å². The van der Waals surface area contributed by atoms with Gasteiger partial charge in [0.25, 0.3) is 5.91 Å². The maximum Gasteiger partial charge on any atom is 0.267 e. The van der Waals surface area contributed by atoms with E-state index in [1.165, 1.54) is 16.6 Å². The first-order chi connectivity index (χ1) is 14.8. The fraction of sp³-hybridized carbons (Fsp3) is 0.500. The standard InChI is InChI=1S/C22H28ClN3O4S/c1-25-15-19(31(28,29)26-9-2-3-10-26)14-20(25)21(27)24-16-22(7-11-30-12-8-22)17-5-4-6-18(23)13-17/h4-6,13-15H,2-3,7-12,16H2,1H3,(H,24,27). The quantitative estimate of drug-likeness (QED) is 0.711. The number of halogens is 1. The minimum Gasteiger partial charge on any atom is -0.381 e. The number of aromatic nitrogens is 1. The molecule has 0 spiro atoms. The van der Waals surface area contributed by atoms with Crippen molar-refractivity contribution in [1.82, 2.24) is 14.2 Å². The molecule has 2 aliphatic rings. The summed E-state index contributed by atoms with van der Waals surface area (Å²) in [5.74, 6) is -0.293. The normalized spacial score (nSPS) is 19.4. The number of hydrogen-bond donors (Lipinski definition) is 1. The van der Waals surface area contributed by atoms with Gasteiger partial charge in [0.15, 0.2) is 0 Å². The average Bonchev–Trinajstić information content (AvgIpc) is 3.43. The number of ether oxygens (including phenoxy) is 1. The van der Waals surface area contributed by atoms with Crippen LogP contribution < -0.4 is 5.32 Å². The number of benzene rings is 1. The molecule has 2 saturated heterocycles. The van der Waals surface area contributed by atoms with Gasteiger partial charge in [0, 0.05) is 56.5 Å². The predicted octanol–water partition coefficient (Wildman–Crippen LogP) is 2.94. The summed E-state index contributed by atoms with van der Waals surface area (Å²) in [6.07, 6.45) is 4.80. The van der Waals surface area contributed by atoms with Crippen LogP contribution >= 0.6 is 11.6 Å². The van der Waals surface area contributed by atoms with Crippen LogP contribution in [0.15, 0.2) is 41.4 Å². The minimum absolute atomic E-state index is 0.165. The lowest BCUT2D eigenvalue weighted by atomic mass is 9.74. The summed E-state index contributed by atoms with van der Waals surface area (Å²) in [6.45, 7) is 2.72. The molecule has 31 heavy (non-hydrogen) atoms. The van der Waals surface area contributed by atoms with Crippen LogP contribution in [0.4, 0.5) is 0 Å². The lowest BCUT2D eigenvalue weighted by molar-refractivity contribution is 0.0486. The molecule has 0 saturated carbocycles. The average molecular weight is 466 g/mol. The van der Waals surface area contributed by atoms with E-state index in [9.17, 15) is 13.2 Å². The Bertz CT molecular complexity index is 1050. The van der Waals surface area contributed by atoms with Crippen LogP contribution in [0.25, 0.3) is 0 Å². The summed E-state index contributed by atoms with van der Waals surface area (Å²) >= 11 is 6.22. The molecule has 0 unspecified atom stereocenters. The van der Waals surface area contributed by atoms with Crippen LogP contribution in [-0.2, 0) is 27.2 Å². The van der Waals surface area contributed by atoms with Crippen molar-refractivity contribution in [3.63, 3.8) is 0 Å². The van der Waals surface area contributed by atoms with Crippen molar-refractivity contribution in [2.24, 2.45) is 7.05 Å². The molecule has 0 radical (unpaired) electrons. The van der Waals surface area contributed by atoms with Gasteiger partial charge in [0.05, 0.1) is 0 Å². The van der Waals surface area contributed by atoms with E-state index in [0.717, 1.165) is 31.2 Å². The van der Waals surface area contributed by atoms with Crippen LogP contribution in [0, 0.1) is 0 Å². The molecule has 2 aliphatic heterocycles. The van der Waals surface area contributed by atoms with E-state index in [4.69, 9.17) is 16.3 Å². The van der Waals surface area contributed by atoms with E-state index in [1.807, 2.05) is 24.3 Å². The van der Waals surface area contributed by atoms with Gasteiger partial charge in [0.1, 0.15) is 10.6 Å². The Balaban J connectivity index is 1.53. The van der Waals surface area contributed by atoms with E-state index in [-0.39, 0.29) is 16.2 Å². The lowest BCUT2D eigenvalue weighted by Crippen LogP contribution is -2.44. The molecule has 2 fully saturated rings. The van der Waals surface area contributed by atoms with Gasteiger partial charge in [-0.15, -0.1) is 0 Å². The molecule has 0 atom stereocenters. The second kappa shape index (κ2) is 8.94. The summed E-state index contributed by atoms with van der Waals surface area (Å²) in [6, 6.07) is 9.21. The summed E-state index contributed by atoms with van der Waals surface area (Å²) in [4.78, 5) is 13.2. The number of sulfonamides is 1. The van der Waals surface area contributed by atoms with Gasteiger partial charge in [-0.3, -0.25) is 4.79 Å². The first-order valence-electron chi connectivity index (χ1n) is 10.6. The molecule has 1 N–H and O–H groups in total. The van der Waals surface area contributed by atoms with Crippen LogP contribution in [0.5, 0.6) is 0 Å². The predicted molar refractivity (Wildman–Crippen MR) is 119 cm³/mol. The highest BCUT2D eigenvalue weighted by Crippen LogP contribution is 2.35. The number of nitrogens with zero attached hydrogens (tertiary/aromatic N) is 2. The molecule has 2 aromatic rings. The molecule has 4 rings (SSSR count). The first-order valence-corrected chi connectivity index (χ1v) is 12.4. The summed E-state index contributed by atoms with van der Waals surface area (Å²) < 4.78 is 34.3. The van der Waals surface area contributed by atoms with E-state index in [2.05, 4.69) is 5.32 Å². The van der Waals surface area contributed by atoms with Crippen LogP contribution in [0.2, 0.25) is 5.02 Å². The second-order valence-corrected chi connectivity index (χ2v) is 10.7. The minimum atomic E-state index is -3.57. The van der Waals surface area contributed by atoms with Gasteiger partial charge in [0.2, 0.25) is 10.0 Å². The van der Waals surface area contributed by atoms with Crippen LogP contribution in [-0.4, -0.2) is 56.0 Å². The molecule has 9 heteroatoms. The van der Waals surface area contributed by atoms with Crippen molar-refractivity contribution in [2.45, 2.75) is 36.0 Å². The Kier molecular flexibility index (Phi) is 6.44. The zero-order valence-corrected chi connectivity index (χ0v) is 19.2. The van der Waals surface area contributed by atoms with Crippen LogP contribution in [0.1, 0.15) is 41.7 Å². The Labute approximate surface area is 188 Å². The van der Waals surface area contributed by atoms with Crippen molar-refractivity contribution in [3.8, 4) is 0 Å². The van der Waals surface area contributed by atoms with E-state index in [0.29, 0.717) is 43.6 Å². The SMILES string of the molecule is Cn1cc(S(=O)(=O)N2CCCC2)cc1C(=O)NCC1(c2cccc(Cl)c2)CCOCC1. The number of rotatable bonds is 6. The van der Waals surface area contributed by atoms with E-state index >= 15 is 0 Å². The maximum absolute atomic E-state index is 13.0. The Morgan fingerprint density at radius 2 is 1.90 bits per heavy atom. The fourth-order valence-electron chi connectivity index (χ4n) is 4.47. The van der Waals surface area contributed by atoms with E-state index < -0.39 is 10.0 Å². The van der Waals surface area contributed by atoms with Gasteiger partial charge < -0.3 is 14.6 Å².